The highest BCUT2D eigenvalue weighted by molar-refractivity contribution is 5.29. The molecule has 1 aromatic heterocycles. The van der Waals surface area contributed by atoms with E-state index in [2.05, 4.69) is 16.9 Å². The largest absolute Gasteiger partial charge is 0.357 e. The third-order valence-electron chi connectivity index (χ3n) is 2.39. The summed E-state index contributed by atoms with van der Waals surface area (Å²) in [5, 5.41) is 4.24. The first kappa shape index (κ1) is 10.2. The summed E-state index contributed by atoms with van der Waals surface area (Å²) in [5.74, 6) is 5.75. The first-order valence-electron chi connectivity index (χ1n) is 5.25. The van der Waals surface area contributed by atoms with Crippen molar-refractivity contribution in [2.24, 2.45) is 5.73 Å². The third kappa shape index (κ3) is 2.58. The number of ether oxygens (including phenoxy) is 1. The number of rotatable bonds is 1. The summed E-state index contributed by atoms with van der Waals surface area (Å²) in [6.07, 6.45) is 7.14. The molecule has 0 radical (unpaired) electrons. The lowest BCUT2D eigenvalue weighted by atomic mass is 10.2. The topological polar surface area (TPSA) is 53.1 Å². The van der Waals surface area contributed by atoms with E-state index < -0.39 is 0 Å². The molecule has 0 aliphatic carbocycles. The average Bonchev–Trinajstić information content (AvgIpc) is 2.76. The van der Waals surface area contributed by atoms with Crippen LogP contribution < -0.4 is 5.73 Å². The molecule has 1 aliphatic rings. The number of hydrogen-bond donors (Lipinski definition) is 1. The van der Waals surface area contributed by atoms with E-state index in [9.17, 15) is 0 Å². The zero-order valence-corrected chi connectivity index (χ0v) is 8.65. The lowest BCUT2D eigenvalue weighted by Gasteiger charge is -2.22. The van der Waals surface area contributed by atoms with Gasteiger partial charge in [0.25, 0.3) is 0 Å². The lowest BCUT2D eigenvalue weighted by molar-refractivity contribution is -0.0395. The van der Waals surface area contributed by atoms with Gasteiger partial charge in [-0.3, -0.25) is 0 Å². The van der Waals surface area contributed by atoms with Crippen LogP contribution in [0.5, 0.6) is 0 Å². The van der Waals surface area contributed by atoms with E-state index in [4.69, 9.17) is 10.5 Å². The molecule has 0 unspecified atom stereocenters. The normalized spacial score (nSPS) is 20.7. The average molecular weight is 205 g/mol. The van der Waals surface area contributed by atoms with E-state index in [1.807, 2.05) is 10.9 Å². The molecular weight excluding hydrogens is 190 g/mol. The van der Waals surface area contributed by atoms with Crippen molar-refractivity contribution in [1.29, 1.82) is 0 Å². The van der Waals surface area contributed by atoms with Crippen LogP contribution in [-0.4, -0.2) is 22.9 Å². The molecule has 0 amide bonds. The van der Waals surface area contributed by atoms with Gasteiger partial charge in [-0.15, -0.1) is 0 Å². The Kier molecular flexibility index (Phi) is 3.38. The Morgan fingerprint density at radius 3 is 3.27 bits per heavy atom. The Bertz CT molecular complexity index is 369. The second-order valence-corrected chi connectivity index (χ2v) is 3.54. The maximum absolute atomic E-state index is 5.61. The molecule has 4 nitrogen and oxygen atoms in total. The molecule has 2 heterocycles. The molecule has 80 valence electrons. The van der Waals surface area contributed by atoms with Crippen LogP contribution in [0.15, 0.2) is 12.4 Å². The summed E-state index contributed by atoms with van der Waals surface area (Å²) in [4.78, 5) is 0. The van der Waals surface area contributed by atoms with Crippen LogP contribution in [0.3, 0.4) is 0 Å². The quantitative estimate of drug-likeness (QED) is 0.693. The van der Waals surface area contributed by atoms with Crippen molar-refractivity contribution in [3.8, 4) is 11.8 Å². The van der Waals surface area contributed by atoms with Crippen molar-refractivity contribution in [3.05, 3.63) is 18.0 Å². The standard InChI is InChI=1S/C11H15N3O/c12-6-3-4-10-8-13-14(9-10)11-5-1-2-7-15-11/h8-9,11H,1-2,5-7,12H2/t11-/m0/s1. The molecule has 4 heteroatoms. The molecule has 2 rings (SSSR count). The number of nitrogens with two attached hydrogens (primary N) is 1. The number of hydrogen-bond acceptors (Lipinski definition) is 3. The molecule has 2 N–H and O–H groups in total. The molecule has 1 aromatic rings. The molecule has 1 aliphatic heterocycles. The van der Waals surface area contributed by atoms with Crippen molar-refractivity contribution in [2.45, 2.75) is 25.5 Å². The fourth-order valence-electron chi connectivity index (χ4n) is 1.65. The van der Waals surface area contributed by atoms with Gasteiger partial charge < -0.3 is 10.5 Å². The third-order valence-corrected chi connectivity index (χ3v) is 2.39. The Morgan fingerprint density at radius 1 is 1.60 bits per heavy atom. The highest BCUT2D eigenvalue weighted by atomic mass is 16.5. The van der Waals surface area contributed by atoms with Crippen LogP contribution in [0.4, 0.5) is 0 Å². The second kappa shape index (κ2) is 4.96. The van der Waals surface area contributed by atoms with Crippen LogP contribution in [0, 0.1) is 11.8 Å². The van der Waals surface area contributed by atoms with Crippen LogP contribution >= 0.6 is 0 Å². The van der Waals surface area contributed by atoms with Gasteiger partial charge in [0.15, 0.2) is 0 Å². The highest BCUT2D eigenvalue weighted by Gasteiger charge is 2.15. The monoisotopic (exact) mass is 205 g/mol. The molecular formula is C11H15N3O. The summed E-state index contributed by atoms with van der Waals surface area (Å²) in [6, 6.07) is 0. The van der Waals surface area contributed by atoms with Crippen molar-refractivity contribution in [3.63, 3.8) is 0 Å². The van der Waals surface area contributed by atoms with Gasteiger partial charge in [-0.25, -0.2) is 4.68 Å². The summed E-state index contributed by atoms with van der Waals surface area (Å²) in [5.41, 5.74) is 6.20. The summed E-state index contributed by atoms with van der Waals surface area (Å²) in [6.45, 7) is 1.21. The Morgan fingerprint density at radius 2 is 2.53 bits per heavy atom. The van der Waals surface area contributed by atoms with Gasteiger partial charge >= 0.3 is 0 Å². The molecule has 0 spiro atoms. The molecule has 15 heavy (non-hydrogen) atoms. The van der Waals surface area contributed by atoms with Gasteiger partial charge in [0.05, 0.1) is 18.3 Å². The smallest absolute Gasteiger partial charge is 0.150 e. The van der Waals surface area contributed by atoms with Gasteiger partial charge in [-0.1, -0.05) is 11.8 Å². The summed E-state index contributed by atoms with van der Waals surface area (Å²) >= 11 is 0. The first-order chi connectivity index (χ1) is 7.40. The minimum atomic E-state index is 0.0900. The second-order valence-electron chi connectivity index (χ2n) is 3.54. The van der Waals surface area contributed by atoms with E-state index in [1.54, 1.807) is 6.20 Å². The highest BCUT2D eigenvalue weighted by Crippen LogP contribution is 2.21. The number of aromatic nitrogens is 2. The van der Waals surface area contributed by atoms with E-state index in [0.29, 0.717) is 6.54 Å². The first-order valence-corrected chi connectivity index (χ1v) is 5.25. The molecule has 1 fully saturated rings. The van der Waals surface area contributed by atoms with E-state index in [1.165, 1.54) is 6.42 Å². The van der Waals surface area contributed by atoms with Crippen LogP contribution in [0.25, 0.3) is 0 Å². The molecule has 1 atom stereocenters. The fraction of sp³-hybridized carbons (Fsp3) is 0.545. The van der Waals surface area contributed by atoms with Crippen molar-refractivity contribution in [1.82, 2.24) is 9.78 Å². The predicted octanol–water partition coefficient (Wildman–Crippen LogP) is 0.892. The van der Waals surface area contributed by atoms with Crippen LogP contribution in [0.1, 0.15) is 31.1 Å². The minimum Gasteiger partial charge on any atom is -0.357 e. The van der Waals surface area contributed by atoms with E-state index in [-0.39, 0.29) is 6.23 Å². The van der Waals surface area contributed by atoms with Crippen LogP contribution in [-0.2, 0) is 4.74 Å². The maximum Gasteiger partial charge on any atom is 0.150 e. The van der Waals surface area contributed by atoms with E-state index >= 15 is 0 Å². The fourth-order valence-corrected chi connectivity index (χ4v) is 1.65. The van der Waals surface area contributed by atoms with Crippen molar-refractivity contribution < 1.29 is 4.74 Å². The van der Waals surface area contributed by atoms with Crippen LogP contribution in [0.2, 0.25) is 0 Å². The van der Waals surface area contributed by atoms with Gasteiger partial charge in [0.1, 0.15) is 6.23 Å². The lowest BCUT2D eigenvalue weighted by Crippen LogP contribution is -2.18. The molecule has 0 saturated carbocycles. The molecule has 0 aromatic carbocycles. The zero-order chi connectivity index (χ0) is 10.5. The van der Waals surface area contributed by atoms with Crippen molar-refractivity contribution >= 4 is 0 Å². The minimum absolute atomic E-state index is 0.0900. The Labute approximate surface area is 89.4 Å². The SMILES string of the molecule is NCC#Cc1cnn([C@@H]2CCCCO2)c1. The van der Waals surface area contributed by atoms with Gasteiger partial charge in [0, 0.05) is 12.8 Å². The van der Waals surface area contributed by atoms with Gasteiger partial charge in [0.2, 0.25) is 0 Å². The van der Waals surface area contributed by atoms with Gasteiger partial charge in [-0.05, 0) is 19.3 Å². The van der Waals surface area contributed by atoms with E-state index in [0.717, 1.165) is 25.0 Å². The van der Waals surface area contributed by atoms with Gasteiger partial charge in [-0.2, -0.15) is 5.10 Å². The maximum atomic E-state index is 5.61. The zero-order valence-electron chi connectivity index (χ0n) is 8.65. The summed E-state index contributed by atoms with van der Waals surface area (Å²) < 4.78 is 7.46. The number of nitrogens with zero attached hydrogens (tertiary/aromatic N) is 2. The predicted molar refractivity (Wildman–Crippen MR) is 57.0 cm³/mol. The Hall–Kier alpha value is -1.31. The molecule has 1 saturated heterocycles. The summed E-state index contributed by atoms with van der Waals surface area (Å²) in [7, 11) is 0. The molecule has 0 bridgehead atoms. The van der Waals surface area contributed by atoms with Crippen molar-refractivity contribution in [2.75, 3.05) is 13.2 Å². The Balaban J connectivity index is 2.05.